The van der Waals surface area contributed by atoms with Crippen molar-refractivity contribution in [2.45, 2.75) is 6.42 Å². The molecule has 0 aromatic heterocycles. The normalized spacial score (nSPS) is 10.5. The van der Waals surface area contributed by atoms with Gasteiger partial charge in [-0.05, 0) is 24.3 Å². The van der Waals surface area contributed by atoms with E-state index in [0.29, 0.717) is 18.7 Å². The van der Waals surface area contributed by atoms with Gasteiger partial charge in [0.2, 0.25) is 0 Å². The molecule has 2 N–H and O–H groups in total. The molecule has 0 bridgehead atoms. The first-order chi connectivity index (χ1) is 9.06. The Hall–Kier alpha value is -0.850. The second-order valence-corrected chi connectivity index (χ2v) is 5.32. The van der Waals surface area contributed by atoms with Crippen LogP contribution < -0.4 is 5.32 Å². The molecular formula is C12H14ClF2NO2S. The Morgan fingerprint density at radius 2 is 2.00 bits per heavy atom. The summed E-state index contributed by atoms with van der Waals surface area (Å²) in [6, 6.07) is 1.56. The molecular weight excluding hydrogens is 296 g/mol. The minimum absolute atomic E-state index is 0.0825. The number of nitrogens with one attached hydrogen (secondary N) is 1. The molecule has 0 fully saturated rings. The Balaban J connectivity index is 2.43. The van der Waals surface area contributed by atoms with Crippen LogP contribution in [-0.2, 0) is 0 Å². The van der Waals surface area contributed by atoms with E-state index in [1.165, 1.54) is 0 Å². The number of amides is 1. The third kappa shape index (κ3) is 5.34. The van der Waals surface area contributed by atoms with Crippen molar-refractivity contribution in [1.29, 1.82) is 0 Å². The molecule has 19 heavy (non-hydrogen) atoms. The van der Waals surface area contributed by atoms with Gasteiger partial charge in [0.15, 0.2) is 11.6 Å². The number of hydrogen-bond donors (Lipinski definition) is 2. The van der Waals surface area contributed by atoms with E-state index in [-0.39, 0.29) is 17.2 Å². The van der Waals surface area contributed by atoms with E-state index in [0.717, 1.165) is 17.9 Å². The van der Waals surface area contributed by atoms with Crippen LogP contribution in [0.3, 0.4) is 0 Å². The van der Waals surface area contributed by atoms with Gasteiger partial charge in [-0.25, -0.2) is 8.78 Å². The van der Waals surface area contributed by atoms with E-state index < -0.39 is 17.5 Å². The fraction of sp³-hybridized carbons (Fsp3) is 0.417. The van der Waals surface area contributed by atoms with Gasteiger partial charge in [-0.3, -0.25) is 4.79 Å². The van der Waals surface area contributed by atoms with Gasteiger partial charge in [-0.15, -0.1) is 0 Å². The molecule has 1 amide bonds. The molecule has 106 valence electrons. The van der Waals surface area contributed by atoms with Crippen LogP contribution in [0, 0.1) is 11.6 Å². The monoisotopic (exact) mass is 309 g/mol. The largest absolute Gasteiger partial charge is 0.396 e. The fourth-order valence-corrected chi connectivity index (χ4v) is 2.32. The van der Waals surface area contributed by atoms with E-state index >= 15 is 0 Å². The molecule has 0 aliphatic rings. The average molecular weight is 310 g/mol. The van der Waals surface area contributed by atoms with Gasteiger partial charge >= 0.3 is 0 Å². The summed E-state index contributed by atoms with van der Waals surface area (Å²) in [4.78, 5) is 11.7. The van der Waals surface area contributed by atoms with Gasteiger partial charge in [-0.1, -0.05) is 11.6 Å². The lowest BCUT2D eigenvalue weighted by Gasteiger charge is -2.07. The van der Waals surface area contributed by atoms with Gasteiger partial charge in [-0.2, -0.15) is 11.8 Å². The van der Waals surface area contributed by atoms with Crippen molar-refractivity contribution in [2.24, 2.45) is 0 Å². The third-order valence-corrected chi connectivity index (χ3v) is 3.62. The van der Waals surface area contributed by atoms with Crippen molar-refractivity contribution in [3.63, 3.8) is 0 Å². The summed E-state index contributed by atoms with van der Waals surface area (Å²) in [5.74, 6) is -1.25. The van der Waals surface area contributed by atoms with Crippen molar-refractivity contribution < 1.29 is 18.7 Å². The van der Waals surface area contributed by atoms with Crippen molar-refractivity contribution >= 4 is 29.3 Å². The lowest BCUT2D eigenvalue weighted by Crippen LogP contribution is -2.26. The Labute approximate surface area is 119 Å². The van der Waals surface area contributed by atoms with Crippen LogP contribution in [0.4, 0.5) is 8.78 Å². The van der Waals surface area contributed by atoms with Gasteiger partial charge in [0.05, 0.1) is 10.6 Å². The lowest BCUT2D eigenvalue weighted by molar-refractivity contribution is 0.0955. The highest BCUT2D eigenvalue weighted by molar-refractivity contribution is 7.99. The molecule has 0 heterocycles. The Morgan fingerprint density at radius 1 is 1.32 bits per heavy atom. The zero-order valence-electron chi connectivity index (χ0n) is 10.1. The SMILES string of the molecule is O=C(NCCSCCCO)c1cc(F)c(F)cc1Cl. The van der Waals surface area contributed by atoms with E-state index in [2.05, 4.69) is 5.32 Å². The molecule has 3 nitrogen and oxygen atoms in total. The van der Waals surface area contributed by atoms with Crippen molar-refractivity contribution in [3.8, 4) is 0 Å². The summed E-state index contributed by atoms with van der Waals surface area (Å²) < 4.78 is 25.8. The molecule has 1 aromatic carbocycles. The number of aliphatic hydroxyl groups excluding tert-OH is 1. The van der Waals surface area contributed by atoms with Gasteiger partial charge in [0, 0.05) is 18.9 Å². The van der Waals surface area contributed by atoms with Crippen molar-refractivity contribution in [1.82, 2.24) is 5.32 Å². The number of benzene rings is 1. The lowest BCUT2D eigenvalue weighted by atomic mass is 10.2. The maximum absolute atomic E-state index is 13.0. The van der Waals surface area contributed by atoms with Gasteiger partial charge in [0.25, 0.3) is 5.91 Å². The highest BCUT2D eigenvalue weighted by atomic mass is 35.5. The van der Waals surface area contributed by atoms with Crippen LogP contribution in [0.5, 0.6) is 0 Å². The number of carbonyl (C=O) groups excluding carboxylic acids is 1. The molecule has 1 rings (SSSR count). The third-order valence-electron chi connectivity index (χ3n) is 2.23. The van der Waals surface area contributed by atoms with E-state index in [4.69, 9.17) is 16.7 Å². The number of rotatable bonds is 7. The van der Waals surface area contributed by atoms with E-state index in [9.17, 15) is 13.6 Å². The average Bonchev–Trinajstić information content (AvgIpc) is 2.37. The van der Waals surface area contributed by atoms with Crippen LogP contribution in [0.1, 0.15) is 16.8 Å². The standard InChI is InChI=1S/C12H14ClF2NO2S/c13-9-7-11(15)10(14)6-8(9)12(18)16-2-5-19-4-1-3-17/h6-7,17H,1-5H2,(H,16,18). The Bertz CT molecular complexity index is 446. The number of hydrogen-bond acceptors (Lipinski definition) is 3. The molecule has 0 aliphatic heterocycles. The molecule has 0 atom stereocenters. The highest BCUT2D eigenvalue weighted by Crippen LogP contribution is 2.19. The summed E-state index contributed by atoms with van der Waals surface area (Å²) >= 11 is 7.26. The molecule has 0 saturated heterocycles. The summed E-state index contributed by atoms with van der Waals surface area (Å²) in [5, 5.41) is 11.0. The quantitative estimate of drug-likeness (QED) is 0.601. The first-order valence-corrected chi connectivity index (χ1v) is 7.21. The maximum Gasteiger partial charge on any atom is 0.252 e. The van der Waals surface area contributed by atoms with Crippen LogP contribution in [-0.4, -0.2) is 35.7 Å². The topological polar surface area (TPSA) is 49.3 Å². The molecule has 7 heteroatoms. The minimum atomic E-state index is -1.10. The molecule has 0 unspecified atom stereocenters. The fourth-order valence-electron chi connectivity index (χ4n) is 1.30. The second-order valence-electron chi connectivity index (χ2n) is 3.69. The van der Waals surface area contributed by atoms with E-state index in [1.807, 2.05) is 0 Å². The molecule has 0 aliphatic carbocycles. The van der Waals surface area contributed by atoms with Gasteiger partial charge < -0.3 is 10.4 Å². The minimum Gasteiger partial charge on any atom is -0.396 e. The summed E-state index contributed by atoms with van der Waals surface area (Å²) in [6.45, 7) is 0.536. The van der Waals surface area contributed by atoms with Gasteiger partial charge in [0.1, 0.15) is 0 Å². The van der Waals surface area contributed by atoms with Crippen molar-refractivity contribution in [3.05, 3.63) is 34.4 Å². The zero-order chi connectivity index (χ0) is 14.3. The zero-order valence-corrected chi connectivity index (χ0v) is 11.7. The van der Waals surface area contributed by atoms with E-state index in [1.54, 1.807) is 11.8 Å². The highest BCUT2D eigenvalue weighted by Gasteiger charge is 2.14. The van der Waals surface area contributed by atoms with Crippen LogP contribution in [0.2, 0.25) is 5.02 Å². The summed E-state index contributed by atoms with van der Waals surface area (Å²) in [7, 11) is 0. The maximum atomic E-state index is 13.0. The molecule has 1 aromatic rings. The predicted molar refractivity (Wildman–Crippen MR) is 72.7 cm³/mol. The van der Waals surface area contributed by atoms with Crippen LogP contribution >= 0.6 is 23.4 Å². The van der Waals surface area contributed by atoms with Crippen LogP contribution in [0.25, 0.3) is 0 Å². The number of halogens is 3. The molecule has 0 saturated carbocycles. The smallest absolute Gasteiger partial charge is 0.252 e. The summed E-state index contributed by atoms with van der Waals surface area (Å²) in [6.07, 6.45) is 0.702. The van der Waals surface area contributed by atoms with Crippen LogP contribution in [0.15, 0.2) is 12.1 Å². The summed E-state index contributed by atoms with van der Waals surface area (Å²) in [5.41, 5.74) is -0.0825. The number of thioether (sulfide) groups is 1. The first-order valence-electron chi connectivity index (χ1n) is 5.67. The van der Waals surface area contributed by atoms with Crippen molar-refractivity contribution in [2.75, 3.05) is 24.7 Å². The number of carbonyl (C=O) groups is 1. The molecule has 0 spiro atoms. The Morgan fingerprint density at radius 3 is 2.68 bits per heavy atom. The number of aliphatic hydroxyl groups is 1. The second kappa shape index (κ2) is 8.35. The Kier molecular flexibility index (Phi) is 7.12. The molecule has 0 radical (unpaired) electrons. The predicted octanol–water partition coefficient (Wildman–Crippen LogP) is 2.46. The first kappa shape index (κ1) is 16.2.